The molecule has 1 fully saturated rings. The normalized spacial score (nSPS) is 14.5. The fourth-order valence-corrected chi connectivity index (χ4v) is 4.74. The molecule has 1 aromatic heterocycles. The summed E-state index contributed by atoms with van der Waals surface area (Å²) in [5.41, 5.74) is 2.21. The SMILES string of the molecule is O=C(CSc1nnc(Cc2ccccc2)n1C1CCCCC1)OCc1ccccc1. The number of rotatable bonds is 8. The quantitative estimate of drug-likeness (QED) is 0.369. The first-order valence-corrected chi connectivity index (χ1v) is 11.6. The van der Waals surface area contributed by atoms with Gasteiger partial charge < -0.3 is 9.30 Å². The van der Waals surface area contributed by atoms with Crippen molar-refractivity contribution in [2.45, 2.75) is 56.3 Å². The van der Waals surface area contributed by atoms with Crippen LogP contribution in [0.3, 0.4) is 0 Å². The van der Waals surface area contributed by atoms with Crippen molar-refractivity contribution in [3.63, 3.8) is 0 Å². The van der Waals surface area contributed by atoms with Gasteiger partial charge in [0.15, 0.2) is 5.16 Å². The average Bonchev–Trinajstić information content (AvgIpc) is 3.20. The van der Waals surface area contributed by atoms with E-state index >= 15 is 0 Å². The molecule has 6 heteroatoms. The number of aromatic nitrogens is 3. The van der Waals surface area contributed by atoms with Crippen molar-refractivity contribution in [1.82, 2.24) is 14.8 Å². The molecule has 0 amide bonds. The van der Waals surface area contributed by atoms with Gasteiger partial charge in [0.05, 0.1) is 5.75 Å². The van der Waals surface area contributed by atoms with Crippen LogP contribution in [0.1, 0.15) is 55.1 Å². The van der Waals surface area contributed by atoms with E-state index in [0.29, 0.717) is 12.6 Å². The van der Waals surface area contributed by atoms with Crippen molar-refractivity contribution in [2.75, 3.05) is 5.75 Å². The van der Waals surface area contributed by atoms with E-state index in [-0.39, 0.29) is 11.7 Å². The highest BCUT2D eigenvalue weighted by atomic mass is 32.2. The summed E-state index contributed by atoms with van der Waals surface area (Å²) in [5.74, 6) is 0.989. The molecular formula is C24H27N3O2S. The molecule has 0 atom stereocenters. The van der Waals surface area contributed by atoms with E-state index in [1.54, 1.807) is 0 Å². The largest absolute Gasteiger partial charge is 0.460 e. The van der Waals surface area contributed by atoms with Crippen molar-refractivity contribution in [3.8, 4) is 0 Å². The molecule has 3 aromatic rings. The van der Waals surface area contributed by atoms with Crippen molar-refractivity contribution in [1.29, 1.82) is 0 Å². The van der Waals surface area contributed by atoms with Crippen LogP contribution in [0.25, 0.3) is 0 Å². The molecule has 0 unspecified atom stereocenters. The summed E-state index contributed by atoms with van der Waals surface area (Å²) < 4.78 is 7.70. The molecule has 1 aliphatic rings. The maximum atomic E-state index is 12.3. The highest BCUT2D eigenvalue weighted by Crippen LogP contribution is 2.33. The zero-order chi connectivity index (χ0) is 20.6. The first-order chi connectivity index (χ1) is 14.8. The second kappa shape index (κ2) is 10.4. The Labute approximate surface area is 181 Å². The van der Waals surface area contributed by atoms with E-state index in [1.807, 2.05) is 36.4 Å². The number of thioether (sulfide) groups is 1. The lowest BCUT2D eigenvalue weighted by atomic mass is 9.95. The monoisotopic (exact) mass is 421 g/mol. The van der Waals surface area contributed by atoms with E-state index in [1.165, 1.54) is 36.6 Å². The summed E-state index contributed by atoms with van der Waals surface area (Å²) in [6.45, 7) is 0.300. The Hall–Kier alpha value is -2.60. The van der Waals surface area contributed by atoms with Gasteiger partial charge in [-0.15, -0.1) is 10.2 Å². The summed E-state index contributed by atoms with van der Waals surface area (Å²) in [5, 5.41) is 9.77. The molecule has 30 heavy (non-hydrogen) atoms. The highest BCUT2D eigenvalue weighted by molar-refractivity contribution is 7.99. The number of benzene rings is 2. The van der Waals surface area contributed by atoms with Gasteiger partial charge in [0.25, 0.3) is 0 Å². The molecule has 156 valence electrons. The Kier molecular flexibility index (Phi) is 7.19. The molecule has 4 rings (SSSR count). The zero-order valence-electron chi connectivity index (χ0n) is 17.1. The molecule has 0 N–H and O–H groups in total. The number of ether oxygens (including phenoxy) is 1. The lowest BCUT2D eigenvalue weighted by molar-refractivity contribution is -0.141. The summed E-state index contributed by atoms with van der Waals surface area (Å²) in [7, 11) is 0. The number of hydrogen-bond acceptors (Lipinski definition) is 5. The Balaban J connectivity index is 1.43. The minimum atomic E-state index is -0.230. The van der Waals surface area contributed by atoms with Crippen LogP contribution in [0.2, 0.25) is 0 Å². The first kappa shape index (κ1) is 20.7. The lowest BCUT2D eigenvalue weighted by Gasteiger charge is -2.25. The molecule has 5 nitrogen and oxygen atoms in total. The van der Waals surface area contributed by atoms with Crippen molar-refractivity contribution in [2.24, 2.45) is 0 Å². The summed E-state index contributed by atoms with van der Waals surface area (Å²) in [6.07, 6.45) is 6.80. The smallest absolute Gasteiger partial charge is 0.316 e. The van der Waals surface area contributed by atoms with Crippen molar-refractivity contribution < 1.29 is 9.53 Å². The first-order valence-electron chi connectivity index (χ1n) is 10.6. The third-order valence-corrected chi connectivity index (χ3v) is 6.36. The van der Waals surface area contributed by atoms with Crippen LogP contribution in [0.4, 0.5) is 0 Å². The molecule has 0 radical (unpaired) electrons. The summed E-state index contributed by atoms with van der Waals surface area (Å²) >= 11 is 1.43. The number of carbonyl (C=O) groups is 1. The second-order valence-corrected chi connectivity index (χ2v) is 8.60. The Morgan fingerprint density at radius 3 is 2.30 bits per heavy atom. The number of carbonyl (C=O) groups excluding carboxylic acids is 1. The fourth-order valence-electron chi connectivity index (χ4n) is 3.91. The summed E-state index contributed by atoms with van der Waals surface area (Å²) in [4.78, 5) is 12.3. The topological polar surface area (TPSA) is 57.0 Å². The third-order valence-electron chi connectivity index (χ3n) is 5.44. The Morgan fingerprint density at radius 2 is 1.60 bits per heavy atom. The summed E-state index contributed by atoms with van der Waals surface area (Å²) in [6, 6.07) is 20.5. The van der Waals surface area contributed by atoms with Gasteiger partial charge in [-0.05, 0) is 24.0 Å². The molecule has 1 heterocycles. The third kappa shape index (κ3) is 5.51. The lowest BCUT2D eigenvalue weighted by Crippen LogP contribution is -2.17. The van der Waals surface area contributed by atoms with Crippen molar-refractivity contribution >= 4 is 17.7 Å². The van der Waals surface area contributed by atoms with Gasteiger partial charge in [-0.25, -0.2) is 0 Å². The van der Waals surface area contributed by atoms with Gasteiger partial charge in [-0.2, -0.15) is 0 Å². The van der Waals surface area contributed by atoms with Gasteiger partial charge >= 0.3 is 5.97 Å². The van der Waals surface area contributed by atoms with E-state index in [0.717, 1.165) is 35.8 Å². The Bertz CT molecular complexity index is 938. The van der Waals surface area contributed by atoms with Crippen LogP contribution in [0, 0.1) is 0 Å². The molecule has 0 aliphatic heterocycles. The van der Waals surface area contributed by atoms with E-state index in [9.17, 15) is 4.79 Å². The van der Waals surface area contributed by atoms with E-state index in [2.05, 4.69) is 39.0 Å². The van der Waals surface area contributed by atoms with Crippen molar-refractivity contribution in [3.05, 3.63) is 77.6 Å². The van der Waals surface area contributed by atoms with Gasteiger partial charge in [0.1, 0.15) is 12.4 Å². The van der Waals surface area contributed by atoms with Gasteiger partial charge in [-0.3, -0.25) is 4.79 Å². The molecule has 2 aromatic carbocycles. The maximum Gasteiger partial charge on any atom is 0.316 e. The van der Waals surface area contributed by atoms with Crippen LogP contribution >= 0.6 is 11.8 Å². The standard InChI is InChI=1S/C24H27N3O2S/c28-23(29-17-20-12-6-2-7-13-20)18-30-24-26-25-22(16-19-10-4-1-5-11-19)27(24)21-14-8-3-9-15-21/h1-2,4-7,10-13,21H,3,8-9,14-18H2. The van der Waals surface area contributed by atoms with Crippen LogP contribution < -0.4 is 0 Å². The molecule has 1 saturated carbocycles. The van der Waals surface area contributed by atoms with Crippen LogP contribution in [0.15, 0.2) is 65.8 Å². The number of nitrogens with zero attached hydrogens (tertiary/aromatic N) is 3. The second-order valence-electron chi connectivity index (χ2n) is 7.66. The number of hydrogen-bond donors (Lipinski definition) is 0. The van der Waals surface area contributed by atoms with Crippen LogP contribution in [-0.4, -0.2) is 26.5 Å². The minimum Gasteiger partial charge on any atom is -0.460 e. The van der Waals surface area contributed by atoms with Crippen LogP contribution in [-0.2, 0) is 22.6 Å². The maximum absolute atomic E-state index is 12.3. The average molecular weight is 422 g/mol. The highest BCUT2D eigenvalue weighted by Gasteiger charge is 2.23. The van der Waals surface area contributed by atoms with Gasteiger partial charge in [0, 0.05) is 12.5 Å². The molecule has 0 spiro atoms. The van der Waals surface area contributed by atoms with Gasteiger partial charge in [-0.1, -0.05) is 91.7 Å². The molecule has 0 saturated heterocycles. The predicted molar refractivity (Wildman–Crippen MR) is 118 cm³/mol. The van der Waals surface area contributed by atoms with E-state index < -0.39 is 0 Å². The molecular weight excluding hydrogens is 394 g/mol. The van der Waals surface area contributed by atoms with E-state index in [4.69, 9.17) is 4.74 Å². The molecule has 1 aliphatic carbocycles. The Morgan fingerprint density at radius 1 is 0.933 bits per heavy atom. The fraction of sp³-hybridized carbons (Fsp3) is 0.375. The number of esters is 1. The zero-order valence-corrected chi connectivity index (χ0v) is 17.9. The van der Waals surface area contributed by atoms with Crippen LogP contribution in [0.5, 0.6) is 0 Å². The van der Waals surface area contributed by atoms with Gasteiger partial charge in [0.2, 0.25) is 0 Å². The molecule has 0 bridgehead atoms. The predicted octanol–water partition coefficient (Wildman–Crippen LogP) is 5.21. The minimum absolute atomic E-state index is 0.230.